The van der Waals surface area contributed by atoms with Crippen molar-refractivity contribution >= 4 is 23.9 Å². The molecule has 172 valence electrons. The van der Waals surface area contributed by atoms with Gasteiger partial charge in [-0.05, 0) is 12.8 Å². The molecule has 0 rings (SSSR count). The Morgan fingerprint density at radius 3 is 1.18 bits per heavy atom. The average Bonchev–Trinajstić information content (AvgIpc) is 2.47. The van der Waals surface area contributed by atoms with E-state index in [4.69, 9.17) is 22.9 Å². The summed E-state index contributed by atoms with van der Waals surface area (Å²) in [5.41, 5.74) is 27.2. The third-order valence-electron chi connectivity index (χ3n) is 2.78. The van der Waals surface area contributed by atoms with Gasteiger partial charge in [0, 0.05) is 12.8 Å². The van der Waals surface area contributed by atoms with E-state index in [-0.39, 0.29) is 30.7 Å². The van der Waals surface area contributed by atoms with E-state index >= 15 is 0 Å². The molecule has 0 fully saturated rings. The molecule has 0 aliphatic heterocycles. The Kier molecular flexibility index (Phi) is 34.4. The topological polar surface area (TPSA) is 268 Å². The minimum Gasteiger partial charge on any atom is -1.00 e. The number of quaternary nitrogens is 2. The first-order valence-corrected chi connectivity index (χ1v) is 7.39. The van der Waals surface area contributed by atoms with E-state index in [0.29, 0.717) is 38.8 Å². The van der Waals surface area contributed by atoms with E-state index in [2.05, 4.69) is 21.5 Å². The van der Waals surface area contributed by atoms with Crippen LogP contribution in [0.1, 0.15) is 25.7 Å². The Balaban J connectivity index is -0.0000000756. The molecule has 16 N–H and O–H groups in total. The van der Waals surface area contributed by atoms with Crippen molar-refractivity contribution in [1.82, 2.24) is 0 Å². The monoisotopic (exact) mass is 428 g/mol. The summed E-state index contributed by atoms with van der Waals surface area (Å²) in [7, 11) is 0. The quantitative estimate of drug-likeness (QED) is 0.0714. The largest absolute Gasteiger partial charge is 1.00 e. The molecule has 28 heavy (non-hydrogen) atoms. The highest BCUT2D eigenvalue weighted by molar-refractivity contribution is 5.70. The smallest absolute Gasteiger partial charge is 0.338 e. The highest BCUT2D eigenvalue weighted by atomic mass is 19.0. The van der Waals surface area contributed by atoms with Crippen molar-refractivity contribution in [3.05, 3.63) is 0 Å². The van der Waals surface area contributed by atoms with E-state index < -0.39 is 24.0 Å². The zero-order valence-corrected chi connectivity index (χ0v) is 15.3. The first-order valence-electron chi connectivity index (χ1n) is 7.39. The molecule has 0 heterocycles. The van der Waals surface area contributed by atoms with Crippen molar-refractivity contribution in [2.75, 3.05) is 13.1 Å². The second kappa shape index (κ2) is 24.1. The van der Waals surface area contributed by atoms with Crippen molar-refractivity contribution < 1.29 is 60.1 Å². The fraction of sp³-hybridized carbons (Fsp3) is 0.667. The summed E-state index contributed by atoms with van der Waals surface area (Å²) in [6, 6.07) is -1.32. The Morgan fingerprint density at radius 2 is 1.00 bits per heavy atom. The molecule has 0 saturated carbocycles. The summed E-state index contributed by atoms with van der Waals surface area (Å²) in [5.74, 6) is -1.97. The first-order chi connectivity index (χ1) is 11.1. The number of carbonyl (C=O) groups excluding carboxylic acids is 2. The lowest BCUT2D eigenvalue weighted by atomic mass is 10.2. The van der Waals surface area contributed by atoms with Gasteiger partial charge in [0.15, 0.2) is 0 Å². The summed E-state index contributed by atoms with van der Waals surface area (Å²) >= 11 is 0. The van der Waals surface area contributed by atoms with Crippen molar-refractivity contribution in [3.63, 3.8) is 0 Å². The Morgan fingerprint density at radius 1 is 0.750 bits per heavy atom. The molecule has 0 aromatic rings. The van der Waals surface area contributed by atoms with E-state index in [9.17, 15) is 19.8 Å². The highest BCUT2D eigenvalue weighted by Gasteiger charge is 2.06. The molecule has 16 heteroatoms. The molecule has 0 aliphatic rings. The molecule has 0 spiro atoms. The number of hydrogen-bond donors (Lipinski definition) is 8. The predicted octanol–water partition coefficient (Wildman–Crippen LogP) is -16.7. The van der Waals surface area contributed by atoms with Crippen LogP contribution in [-0.2, 0) is 9.59 Å². The number of aliphatic carboxylic acids is 2. The molecule has 0 bridgehead atoms. The summed E-state index contributed by atoms with van der Waals surface area (Å²) in [6.45, 7) is 1.11. The maximum atomic E-state index is 10.2. The Bertz CT molecular complexity index is 409. The normalized spacial score (nSPS) is 10.4. The third kappa shape index (κ3) is 30.9. The van der Waals surface area contributed by atoms with Crippen LogP contribution in [0.2, 0.25) is 0 Å². The number of carboxylic acids is 2. The number of rotatable bonds is 10. The van der Waals surface area contributed by atoms with Crippen LogP contribution in [0.25, 0.3) is 0 Å². The first kappa shape index (κ1) is 40.0. The van der Waals surface area contributed by atoms with Crippen molar-refractivity contribution in [2.45, 2.75) is 37.8 Å². The highest BCUT2D eigenvalue weighted by Crippen LogP contribution is 1.87. The number of nitrogens with two attached hydrogens (primary N) is 4. The van der Waals surface area contributed by atoms with Crippen LogP contribution in [0.4, 0.5) is 9.41 Å². The van der Waals surface area contributed by atoms with Gasteiger partial charge in [-0.1, -0.05) is 0 Å². The minimum atomic E-state index is -1.13. The van der Waals surface area contributed by atoms with Crippen LogP contribution in [0.5, 0.6) is 0 Å². The van der Waals surface area contributed by atoms with Gasteiger partial charge >= 0.3 is 11.9 Å². The maximum Gasteiger partial charge on any atom is 0.338 e. The number of guanidine groups is 2. The van der Waals surface area contributed by atoms with Gasteiger partial charge in [-0.15, -0.1) is 0 Å². The minimum absolute atomic E-state index is 0. The SMILES string of the molecule is F.F.NC(N)=[NH+]CCC[C@H]([NH3+])C(=O)[O-].NC(N)=[NH+]CCC[C@H]([NH3+])C(=O)[O-].[F-].[F-]. The van der Waals surface area contributed by atoms with Crippen LogP contribution in [0.3, 0.4) is 0 Å². The summed E-state index contributed by atoms with van der Waals surface area (Å²) in [4.78, 5) is 25.7. The van der Waals surface area contributed by atoms with Gasteiger partial charge in [0.25, 0.3) is 0 Å². The van der Waals surface area contributed by atoms with Gasteiger partial charge in [-0.25, -0.2) is 0 Å². The number of carbonyl (C=O) groups is 2. The van der Waals surface area contributed by atoms with Crippen molar-refractivity contribution in [3.8, 4) is 0 Å². The predicted molar refractivity (Wildman–Crippen MR) is 85.3 cm³/mol. The molecule has 2 atom stereocenters. The fourth-order valence-electron chi connectivity index (χ4n) is 1.40. The van der Waals surface area contributed by atoms with Crippen LogP contribution in [0.15, 0.2) is 0 Å². The lowest BCUT2D eigenvalue weighted by molar-refractivity contribution is -0.467. The van der Waals surface area contributed by atoms with E-state index in [1.807, 2.05) is 0 Å². The number of carboxylic acid groups (broad SMARTS) is 2. The molecular formula is C12H32F4N8O4. The van der Waals surface area contributed by atoms with Crippen LogP contribution in [0, 0.1) is 0 Å². The fourth-order valence-corrected chi connectivity index (χ4v) is 1.40. The average molecular weight is 428 g/mol. The molecule has 0 saturated heterocycles. The van der Waals surface area contributed by atoms with Gasteiger partial charge in [0.2, 0.25) is 0 Å². The summed E-state index contributed by atoms with van der Waals surface area (Å²) in [5, 5.41) is 20.4. The lowest BCUT2D eigenvalue weighted by Crippen LogP contribution is -3.00. The van der Waals surface area contributed by atoms with Crippen molar-refractivity contribution in [2.24, 2.45) is 22.9 Å². The van der Waals surface area contributed by atoms with E-state index in [0.717, 1.165) is 0 Å². The number of nitrogens with one attached hydrogen (secondary N) is 2. The molecule has 0 aliphatic carbocycles. The van der Waals surface area contributed by atoms with Crippen LogP contribution in [-0.4, -0.2) is 49.0 Å². The van der Waals surface area contributed by atoms with Crippen LogP contribution < -0.4 is 64.0 Å². The van der Waals surface area contributed by atoms with Gasteiger partial charge in [-0.2, -0.15) is 0 Å². The third-order valence-corrected chi connectivity index (χ3v) is 2.78. The summed E-state index contributed by atoms with van der Waals surface area (Å²) in [6.07, 6.45) is 2.23. The lowest BCUT2D eigenvalue weighted by Gasteiger charge is -2.06. The molecule has 0 aromatic carbocycles. The van der Waals surface area contributed by atoms with Gasteiger partial charge < -0.3 is 40.7 Å². The Labute approximate surface area is 158 Å². The van der Waals surface area contributed by atoms with E-state index in [1.165, 1.54) is 0 Å². The Hall–Kier alpha value is -2.88. The van der Waals surface area contributed by atoms with Crippen LogP contribution >= 0.6 is 0 Å². The zero-order chi connectivity index (χ0) is 19.1. The van der Waals surface area contributed by atoms with Gasteiger partial charge in [-0.3, -0.25) is 42.3 Å². The molecule has 0 unspecified atom stereocenters. The van der Waals surface area contributed by atoms with Gasteiger partial charge in [0.1, 0.15) is 12.1 Å². The summed E-state index contributed by atoms with van der Waals surface area (Å²) < 4.78 is 0. The zero-order valence-electron chi connectivity index (χ0n) is 15.3. The number of hydrogen-bond acceptors (Lipinski definition) is 4. The van der Waals surface area contributed by atoms with Gasteiger partial charge in [0.05, 0.1) is 25.0 Å². The number of halogens is 4. The molecule has 12 nitrogen and oxygen atoms in total. The van der Waals surface area contributed by atoms with E-state index in [1.54, 1.807) is 0 Å². The van der Waals surface area contributed by atoms with Crippen molar-refractivity contribution in [1.29, 1.82) is 0 Å². The molecular weight excluding hydrogens is 396 g/mol. The maximum absolute atomic E-state index is 10.2. The molecule has 0 radical (unpaired) electrons. The molecule has 0 aromatic heterocycles. The standard InChI is InChI=1S/2C6H14N4O2.4FH/c2*7-4(5(11)12)2-1-3-10-6(8)9;;;;/h2*4H,1-3,7H2,(H,11,12)(H4,8,9,10);4*1H/t2*4-;;;;/m00..../s1. The molecule has 0 amide bonds. The second-order valence-corrected chi connectivity index (χ2v) is 5.08. The second-order valence-electron chi connectivity index (χ2n) is 5.08.